The lowest BCUT2D eigenvalue weighted by Crippen LogP contribution is -2.37. The van der Waals surface area contributed by atoms with Crippen molar-refractivity contribution in [2.45, 2.75) is 6.92 Å². The Morgan fingerprint density at radius 1 is 1.53 bits per heavy atom. The molecule has 0 saturated heterocycles. The molecule has 0 unspecified atom stereocenters. The molecule has 0 bridgehead atoms. The first-order chi connectivity index (χ1) is 9.20. The lowest BCUT2D eigenvalue weighted by Gasteiger charge is -2.18. The van der Waals surface area contributed by atoms with E-state index in [9.17, 15) is 9.59 Å². The van der Waals surface area contributed by atoms with E-state index in [0.717, 1.165) is 0 Å². The van der Waals surface area contributed by atoms with Gasteiger partial charge in [0.15, 0.2) is 10.9 Å². The average Bonchev–Trinajstić information content (AvgIpc) is 3.07. The van der Waals surface area contributed by atoms with Gasteiger partial charge in [0.1, 0.15) is 6.54 Å². The summed E-state index contributed by atoms with van der Waals surface area (Å²) in [6, 6.07) is 3.21. The number of nitrogens with zero attached hydrogens (tertiary/aromatic N) is 2. The minimum absolute atomic E-state index is 0.0321. The van der Waals surface area contributed by atoms with Crippen molar-refractivity contribution in [2.24, 2.45) is 0 Å². The molecule has 2 aromatic rings. The summed E-state index contributed by atoms with van der Waals surface area (Å²) in [5.41, 5.74) is 0. The van der Waals surface area contributed by atoms with Crippen LogP contribution in [0.25, 0.3) is 0 Å². The maximum absolute atomic E-state index is 12.0. The SMILES string of the molecule is CCN(CC(=O)Nc1nccs1)C(=O)c1ccco1. The molecule has 0 aliphatic carbocycles. The molecule has 0 aliphatic rings. The van der Waals surface area contributed by atoms with Gasteiger partial charge in [0.2, 0.25) is 5.91 Å². The molecule has 2 rings (SSSR count). The summed E-state index contributed by atoms with van der Waals surface area (Å²) in [4.78, 5) is 29.2. The molecule has 6 nitrogen and oxygen atoms in total. The van der Waals surface area contributed by atoms with Crippen LogP contribution in [0.4, 0.5) is 5.13 Å². The fourth-order valence-corrected chi connectivity index (χ4v) is 2.05. The van der Waals surface area contributed by atoms with E-state index in [-0.39, 0.29) is 24.1 Å². The van der Waals surface area contributed by atoms with Crippen LogP contribution >= 0.6 is 11.3 Å². The van der Waals surface area contributed by atoms with Crippen LogP contribution in [0.5, 0.6) is 0 Å². The highest BCUT2D eigenvalue weighted by molar-refractivity contribution is 7.13. The van der Waals surface area contributed by atoms with E-state index in [1.165, 1.54) is 22.5 Å². The summed E-state index contributed by atoms with van der Waals surface area (Å²) in [7, 11) is 0. The van der Waals surface area contributed by atoms with Crippen molar-refractivity contribution in [1.29, 1.82) is 0 Å². The van der Waals surface area contributed by atoms with Crippen molar-refractivity contribution in [3.63, 3.8) is 0 Å². The molecule has 0 fully saturated rings. The Morgan fingerprint density at radius 3 is 2.95 bits per heavy atom. The zero-order valence-corrected chi connectivity index (χ0v) is 11.1. The third kappa shape index (κ3) is 3.41. The molecule has 2 amide bonds. The number of anilines is 1. The standard InChI is InChI=1S/C12H13N3O3S/c1-2-15(11(17)9-4-3-6-18-9)8-10(16)14-12-13-5-7-19-12/h3-7H,2,8H2,1H3,(H,13,14,16). The fourth-order valence-electron chi connectivity index (χ4n) is 1.50. The topological polar surface area (TPSA) is 75.4 Å². The first-order valence-electron chi connectivity index (χ1n) is 5.73. The van der Waals surface area contributed by atoms with E-state index in [2.05, 4.69) is 10.3 Å². The van der Waals surface area contributed by atoms with E-state index >= 15 is 0 Å². The summed E-state index contributed by atoms with van der Waals surface area (Å²) in [6.07, 6.45) is 3.03. The van der Waals surface area contributed by atoms with Crippen LogP contribution in [0.2, 0.25) is 0 Å². The zero-order valence-electron chi connectivity index (χ0n) is 10.3. The van der Waals surface area contributed by atoms with Crippen molar-refractivity contribution in [3.05, 3.63) is 35.7 Å². The number of hydrogen-bond donors (Lipinski definition) is 1. The summed E-state index contributed by atoms with van der Waals surface area (Å²) in [5, 5.41) is 4.92. The maximum Gasteiger partial charge on any atom is 0.290 e. The van der Waals surface area contributed by atoms with Gasteiger partial charge in [-0.1, -0.05) is 0 Å². The lowest BCUT2D eigenvalue weighted by atomic mass is 10.3. The Balaban J connectivity index is 1.95. The molecule has 2 heterocycles. The quantitative estimate of drug-likeness (QED) is 0.906. The second kappa shape index (κ2) is 6.14. The van der Waals surface area contributed by atoms with Gasteiger partial charge in [-0.15, -0.1) is 11.3 Å². The van der Waals surface area contributed by atoms with Gasteiger partial charge in [0.25, 0.3) is 5.91 Å². The molecule has 2 aromatic heterocycles. The first kappa shape index (κ1) is 13.3. The Kier molecular flexibility index (Phi) is 4.30. The Labute approximate surface area is 114 Å². The minimum atomic E-state index is -0.304. The van der Waals surface area contributed by atoms with E-state index in [1.54, 1.807) is 30.6 Å². The van der Waals surface area contributed by atoms with E-state index in [4.69, 9.17) is 4.42 Å². The van der Waals surface area contributed by atoms with Crippen molar-refractivity contribution in [1.82, 2.24) is 9.88 Å². The summed E-state index contributed by atoms with van der Waals surface area (Å²) < 4.78 is 5.03. The van der Waals surface area contributed by atoms with Crippen molar-refractivity contribution >= 4 is 28.3 Å². The molecule has 100 valence electrons. The van der Waals surface area contributed by atoms with Crippen LogP contribution in [0.3, 0.4) is 0 Å². The van der Waals surface area contributed by atoms with E-state index in [0.29, 0.717) is 11.7 Å². The van der Waals surface area contributed by atoms with Gasteiger partial charge in [-0.25, -0.2) is 4.98 Å². The molecule has 0 aliphatic heterocycles. The molecule has 1 N–H and O–H groups in total. The molecular formula is C12H13N3O3S. The van der Waals surface area contributed by atoms with Crippen molar-refractivity contribution in [2.75, 3.05) is 18.4 Å². The van der Waals surface area contributed by atoms with Gasteiger partial charge in [0, 0.05) is 18.1 Å². The summed E-state index contributed by atoms with van der Waals surface area (Å²) >= 11 is 1.33. The smallest absolute Gasteiger partial charge is 0.290 e. The second-order valence-corrected chi connectivity index (χ2v) is 4.58. The predicted molar refractivity (Wildman–Crippen MR) is 71.0 cm³/mol. The average molecular weight is 279 g/mol. The predicted octanol–water partition coefficient (Wildman–Crippen LogP) is 1.84. The Hall–Kier alpha value is -2.15. The van der Waals surface area contributed by atoms with Gasteiger partial charge in [0.05, 0.1) is 6.26 Å². The van der Waals surface area contributed by atoms with Crippen molar-refractivity contribution in [3.8, 4) is 0 Å². The molecule has 0 spiro atoms. The normalized spacial score (nSPS) is 10.2. The molecular weight excluding hydrogens is 266 g/mol. The van der Waals surface area contributed by atoms with Crippen LogP contribution < -0.4 is 5.32 Å². The van der Waals surface area contributed by atoms with Gasteiger partial charge in [-0.2, -0.15) is 0 Å². The Morgan fingerprint density at radius 2 is 2.37 bits per heavy atom. The number of rotatable bonds is 5. The van der Waals surface area contributed by atoms with Crippen LogP contribution in [-0.4, -0.2) is 34.8 Å². The van der Waals surface area contributed by atoms with Gasteiger partial charge in [-0.05, 0) is 19.1 Å². The minimum Gasteiger partial charge on any atom is -0.459 e. The highest BCUT2D eigenvalue weighted by Crippen LogP contribution is 2.10. The van der Waals surface area contributed by atoms with Gasteiger partial charge in [-0.3, -0.25) is 9.59 Å². The highest BCUT2D eigenvalue weighted by atomic mass is 32.1. The van der Waals surface area contributed by atoms with Gasteiger partial charge >= 0.3 is 0 Å². The molecule has 7 heteroatoms. The molecule has 0 radical (unpaired) electrons. The largest absolute Gasteiger partial charge is 0.459 e. The summed E-state index contributed by atoms with van der Waals surface area (Å²) in [5.74, 6) is -0.359. The van der Waals surface area contributed by atoms with Gasteiger partial charge < -0.3 is 14.6 Å². The second-order valence-electron chi connectivity index (χ2n) is 3.68. The third-order valence-electron chi connectivity index (χ3n) is 2.41. The fraction of sp³-hybridized carbons (Fsp3) is 0.250. The number of carbonyl (C=O) groups excluding carboxylic acids is 2. The maximum atomic E-state index is 12.0. The van der Waals surface area contributed by atoms with Crippen molar-refractivity contribution < 1.29 is 14.0 Å². The number of aromatic nitrogens is 1. The molecule has 0 saturated carbocycles. The monoisotopic (exact) mass is 279 g/mol. The highest BCUT2D eigenvalue weighted by Gasteiger charge is 2.19. The van der Waals surface area contributed by atoms with Crippen LogP contribution in [0, 0.1) is 0 Å². The number of furan rings is 1. The zero-order chi connectivity index (χ0) is 13.7. The number of thiazole rings is 1. The molecule has 0 atom stereocenters. The third-order valence-corrected chi connectivity index (χ3v) is 3.10. The number of nitrogens with one attached hydrogen (secondary N) is 1. The number of carbonyl (C=O) groups is 2. The first-order valence-corrected chi connectivity index (χ1v) is 6.60. The lowest BCUT2D eigenvalue weighted by molar-refractivity contribution is -0.116. The molecule has 19 heavy (non-hydrogen) atoms. The number of amides is 2. The van der Waals surface area contributed by atoms with Crippen LogP contribution in [-0.2, 0) is 4.79 Å². The number of hydrogen-bond acceptors (Lipinski definition) is 5. The Bertz CT molecular complexity index is 537. The van der Waals surface area contributed by atoms with Crippen LogP contribution in [0.15, 0.2) is 34.4 Å². The van der Waals surface area contributed by atoms with E-state index in [1.807, 2.05) is 0 Å². The summed E-state index contributed by atoms with van der Waals surface area (Å²) in [6.45, 7) is 2.19. The van der Waals surface area contributed by atoms with Crippen LogP contribution in [0.1, 0.15) is 17.5 Å². The number of likely N-dealkylation sites (N-methyl/N-ethyl adjacent to an activating group) is 1. The molecule has 0 aromatic carbocycles. The van der Waals surface area contributed by atoms with E-state index < -0.39 is 0 Å².